The van der Waals surface area contributed by atoms with Crippen LogP contribution in [0.4, 0.5) is 24.0 Å². The van der Waals surface area contributed by atoms with Gasteiger partial charge in [-0.15, -0.1) is 22.7 Å². The summed E-state index contributed by atoms with van der Waals surface area (Å²) in [6.07, 6.45) is -2.15. The van der Waals surface area contributed by atoms with E-state index in [1.165, 1.54) is 28.7 Å². The van der Waals surface area contributed by atoms with Crippen LogP contribution in [0, 0.1) is 22.7 Å². The minimum absolute atomic E-state index is 0.124. The lowest BCUT2D eigenvalue weighted by Crippen LogP contribution is -2.35. The summed E-state index contributed by atoms with van der Waals surface area (Å²) in [4.78, 5) is 15.0. The summed E-state index contributed by atoms with van der Waals surface area (Å²) >= 11 is 2.77. The number of thiophene rings is 2. The molecule has 3 aromatic heterocycles. The molecule has 0 saturated heterocycles. The largest absolute Gasteiger partial charge is 0.410 e. The maximum absolute atomic E-state index is 13.9. The molecule has 0 radical (unpaired) electrons. The zero-order valence-electron chi connectivity index (χ0n) is 20.1. The summed E-state index contributed by atoms with van der Waals surface area (Å²) in [5.74, 6) is -0.0128. The number of amides is 1. The molecule has 0 spiro atoms. The number of nitriles is 1. The van der Waals surface area contributed by atoms with Crippen molar-refractivity contribution in [3.05, 3.63) is 50.2 Å². The lowest BCUT2D eigenvalue weighted by Gasteiger charge is -2.33. The van der Waals surface area contributed by atoms with Crippen molar-refractivity contribution in [3.8, 4) is 6.07 Å². The van der Waals surface area contributed by atoms with Gasteiger partial charge in [0.1, 0.15) is 16.9 Å². The maximum Gasteiger partial charge on any atom is 0.410 e. The number of aromatic nitrogens is 2. The fourth-order valence-electron chi connectivity index (χ4n) is 5.06. The minimum Gasteiger partial charge on any atom is -0.363 e. The van der Waals surface area contributed by atoms with Gasteiger partial charge in [0.15, 0.2) is 11.7 Å². The first-order valence-corrected chi connectivity index (χ1v) is 13.5. The lowest BCUT2D eigenvalue weighted by atomic mass is 9.72. The van der Waals surface area contributed by atoms with Crippen molar-refractivity contribution < 1.29 is 18.0 Å². The van der Waals surface area contributed by atoms with E-state index in [-0.39, 0.29) is 23.3 Å². The van der Waals surface area contributed by atoms with Crippen LogP contribution in [0.2, 0.25) is 0 Å². The Bertz CT molecular complexity index is 1330. The number of fused-ring (bicyclic) bond motifs is 2. The van der Waals surface area contributed by atoms with Gasteiger partial charge in [0, 0.05) is 22.2 Å². The Kier molecular flexibility index (Phi) is 6.16. The number of alkyl halides is 3. The fourth-order valence-corrected chi connectivity index (χ4v) is 7.12. The molecule has 36 heavy (non-hydrogen) atoms. The molecule has 0 fully saturated rings. The summed E-state index contributed by atoms with van der Waals surface area (Å²) in [5.41, 5.74) is 1.43. The molecule has 2 N–H and O–H groups in total. The first kappa shape index (κ1) is 24.8. The van der Waals surface area contributed by atoms with Gasteiger partial charge in [0.2, 0.25) is 0 Å². The average Bonchev–Trinajstić information content (AvgIpc) is 3.54. The van der Waals surface area contributed by atoms with Gasteiger partial charge < -0.3 is 10.6 Å². The number of carbonyl (C=O) groups excluding carboxylic acids is 1. The third-order valence-electron chi connectivity index (χ3n) is 7.14. The van der Waals surface area contributed by atoms with Crippen LogP contribution in [0.15, 0.2) is 23.6 Å². The number of hydrogen-bond donors (Lipinski definition) is 2. The molecule has 2 aliphatic rings. The van der Waals surface area contributed by atoms with E-state index in [1.807, 2.05) is 5.38 Å². The van der Waals surface area contributed by atoms with E-state index in [4.69, 9.17) is 0 Å². The van der Waals surface area contributed by atoms with Crippen molar-refractivity contribution in [2.75, 3.05) is 10.6 Å². The number of halogens is 3. The predicted octanol–water partition coefficient (Wildman–Crippen LogP) is 6.94. The van der Waals surface area contributed by atoms with E-state index in [0.717, 1.165) is 39.3 Å². The van der Waals surface area contributed by atoms with Gasteiger partial charge in [-0.3, -0.25) is 4.79 Å². The Morgan fingerprint density at radius 2 is 2.11 bits per heavy atom. The first-order chi connectivity index (χ1) is 17.0. The number of nitrogens with one attached hydrogen (secondary N) is 2. The van der Waals surface area contributed by atoms with Crippen molar-refractivity contribution in [2.24, 2.45) is 11.3 Å². The third-order valence-corrected chi connectivity index (χ3v) is 9.29. The molecule has 190 valence electrons. The normalized spacial score (nSPS) is 21.8. The van der Waals surface area contributed by atoms with E-state index < -0.39 is 24.2 Å². The molecule has 11 heteroatoms. The van der Waals surface area contributed by atoms with Gasteiger partial charge in [-0.1, -0.05) is 26.8 Å². The molecule has 0 unspecified atom stereocenters. The van der Waals surface area contributed by atoms with Crippen LogP contribution >= 0.6 is 22.7 Å². The number of nitrogens with zero attached hydrogens (tertiary/aromatic N) is 3. The topological polar surface area (TPSA) is 82.7 Å². The molecule has 0 saturated carbocycles. The molecule has 5 rings (SSSR count). The molecule has 0 bridgehead atoms. The monoisotopic (exact) mass is 533 g/mol. The van der Waals surface area contributed by atoms with Gasteiger partial charge in [-0.05, 0) is 47.6 Å². The van der Waals surface area contributed by atoms with E-state index in [2.05, 4.69) is 42.6 Å². The van der Waals surface area contributed by atoms with Crippen LogP contribution in [0.3, 0.4) is 0 Å². The van der Waals surface area contributed by atoms with E-state index in [0.29, 0.717) is 16.5 Å². The second-order valence-corrected chi connectivity index (χ2v) is 12.5. The lowest BCUT2D eigenvalue weighted by molar-refractivity contribution is -0.173. The van der Waals surface area contributed by atoms with Crippen LogP contribution in [-0.2, 0) is 12.8 Å². The quantitative estimate of drug-likeness (QED) is 0.382. The summed E-state index contributed by atoms with van der Waals surface area (Å²) < 4.78 is 42.6. The van der Waals surface area contributed by atoms with Crippen molar-refractivity contribution in [2.45, 2.75) is 64.7 Å². The van der Waals surface area contributed by atoms with Gasteiger partial charge in [0.05, 0.1) is 11.6 Å². The Hall–Kier alpha value is -2.84. The molecule has 4 heterocycles. The van der Waals surface area contributed by atoms with Crippen molar-refractivity contribution >= 4 is 39.4 Å². The number of rotatable bonds is 3. The molecule has 3 atom stereocenters. The Labute approximate surface area is 215 Å². The van der Waals surface area contributed by atoms with Crippen LogP contribution in [0.5, 0.6) is 0 Å². The Morgan fingerprint density at radius 3 is 2.75 bits per heavy atom. The molecule has 1 amide bonds. The van der Waals surface area contributed by atoms with E-state index >= 15 is 0 Å². The van der Waals surface area contributed by atoms with Gasteiger partial charge in [-0.25, -0.2) is 4.68 Å². The number of carbonyl (C=O) groups is 1. The highest BCUT2D eigenvalue weighted by Gasteiger charge is 2.47. The minimum atomic E-state index is -4.52. The highest BCUT2D eigenvalue weighted by Crippen LogP contribution is 2.46. The molecule has 6 nitrogen and oxygen atoms in total. The molecule has 1 aliphatic carbocycles. The smallest absolute Gasteiger partial charge is 0.363 e. The zero-order chi connectivity index (χ0) is 25.8. The highest BCUT2D eigenvalue weighted by atomic mass is 32.1. The number of hydrogen-bond acceptors (Lipinski definition) is 6. The summed E-state index contributed by atoms with van der Waals surface area (Å²) in [5, 5.41) is 22.0. The van der Waals surface area contributed by atoms with Gasteiger partial charge >= 0.3 is 6.18 Å². The van der Waals surface area contributed by atoms with Crippen molar-refractivity contribution in [1.82, 2.24) is 9.78 Å². The molecule has 1 aliphatic heterocycles. The predicted molar refractivity (Wildman–Crippen MR) is 135 cm³/mol. The molecule has 3 aromatic rings. The molecular formula is C25H26F3N5OS2. The third kappa shape index (κ3) is 4.52. The standard InChI is InChI=1S/C25H26F3N5OS2/c1-24(2,3)13-6-7-14-15(12-29)23(36-19(14)9-13)31-22(34)17-11-21-30-16(18-5-4-8-35-18)10-20(25(26,27)28)33(21)32-17/h4-5,8,11,13,16,20,30H,6-7,9-10H2,1-3H3,(H,31,34)/t13-,16+,20+/m1/s1. The Balaban J connectivity index is 1.42. The van der Waals surface area contributed by atoms with E-state index in [9.17, 15) is 23.2 Å². The second-order valence-electron chi connectivity index (χ2n) is 10.4. The van der Waals surface area contributed by atoms with Crippen LogP contribution < -0.4 is 10.6 Å². The van der Waals surface area contributed by atoms with Crippen molar-refractivity contribution in [1.29, 1.82) is 5.26 Å². The zero-order valence-corrected chi connectivity index (χ0v) is 21.7. The van der Waals surface area contributed by atoms with Crippen molar-refractivity contribution in [3.63, 3.8) is 0 Å². The summed E-state index contributed by atoms with van der Waals surface area (Å²) in [6, 6.07) is 4.79. The Morgan fingerprint density at radius 1 is 1.33 bits per heavy atom. The summed E-state index contributed by atoms with van der Waals surface area (Å²) in [7, 11) is 0. The van der Waals surface area contributed by atoms with Gasteiger partial charge in [-0.2, -0.15) is 23.5 Å². The maximum atomic E-state index is 13.9. The van der Waals surface area contributed by atoms with E-state index in [1.54, 1.807) is 12.1 Å². The fraction of sp³-hybridized carbons (Fsp3) is 0.480. The number of anilines is 2. The molecular weight excluding hydrogens is 507 g/mol. The SMILES string of the molecule is CC(C)(C)[C@@H]1CCc2c(sc(NC(=O)c3cc4n(n3)[C@H](C(F)(F)F)C[C@@H](c3cccs3)N4)c2C#N)C1. The molecule has 0 aromatic carbocycles. The highest BCUT2D eigenvalue weighted by molar-refractivity contribution is 7.16. The van der Waals surface area contributed by atoms with Crippen LogP contribution in [-0.4, -0.2) is 21.9 Å². The average molecular weight is 534 g/mol. The van der Waals surface area contributed by atoms with Crippen LogP contribution in [0.1, 0.15) is 77.1 Å². The first-order valence-electron chi connectivity index (χ1n) is 11.8. The second kappa shape index (κ2) is 8.92. The van der Waals surface area contributed by atoms with Gasteiger partial charge in [0.25, 0.3) is 5.91 Å². The summed E-state index contributed by atoms with van der Waals surface area (Å²) in [6.45, 7) is 6.61. The van der Waals surface area contributed by atoms with Crippen LogP contribution in [0.25, 0.3) is 0 Å².